The number of carbonyl (C=O) groups is 1. The Bertz CT molecular complexity index is 552. The van der Waals surface area contributed by atoms with Gasteiger partial charge >= 0.3 is 5.97 Å². The zero-order valence-corrected chi connectivity index (χ0v) is 9.52. The molecule has 0 aliphatic heterocycles. The van der Waals surface area contributed by atoms with Crippen LogP contribution in [-0.2, 0) is 0 Å². The van der Waals surface area contributed by atoms with Gasteiger partial charge in [0.1, 0.15) is 17.1 Å². The smallest absolute Gasteiger partial charge is 0.347 e. The molecule has 0 amide bonds. The highest BCUT2D eigenvalue weighted by atomic mass is 35.5. The fourth-order valence-electron chi connectivity index (χ4n) is 1.33. The third-order valence-electron chi connectivity index (χ3n) is 2.16. The molecular formula is C13H9ClO3. The minimum absolute atomic E-state index is 0.104. The summed E-state index contributed by atoms with van der Waals surface area (Å²) in [6.45, 7) is 0. The lowest BCUT2D eigenvalue weighted by Gasteiger charge is -2.06. The van der Waals surface area contributed by atoms with Gasteiger partial charge in [0.25, 0.3) is 0 Å². The van der Waals surface area contributed by atoms with E-state index in [2.05, 4.69) is 0 Å². The van der Waals surface area contributed by atoms with E-state index in [1.165, 1.54) is 12.1 Å². The van der Waals surface area contributed by atoms with Crippen molar-refractivity contribution in [3.8, 4) is 11.5 Å². The van der Waals surface area contributed by atoms with E-state index < -0.39 is 5.97 Å². The van der Waals surface area contributed by atoms with Crippen molar-refractivity contribution < 1.29 is 14.6 Å². The molecule has 0 bridgehead atoms. The first kappa shape index (κ1) is 11.5. The van der Waals surface area contributed by atoms with Crippen molar-refractivity contribution in [2.45, 2.75) is 0 Å². The fraction of sp³-hybridized carbons (Fsp3) is 0. The van der Waals surface area contributed by atoms with E-state index >= 15 is 0 Å². The number of halogens is 1. The van der Waals surface area contributed by atoms with E-state index in [4.69, 9.17) is 16.3 Å². The second-order valence-electron chi connectivity index (χ2n) is 3.34. The molecule has 4 heteroatoms. The van der Waals surface area contributed by atoms with Crippen molar-refractivity contribution in [2.75, 3.05) is 0 Å². The molecular weight excluding hydrogens is 240 g/mol. The van der Waals surface area contributed by atoms with Gasteiger partial charge in [-0.3, -0.25) is 0 Å². The molecule has 0 aromatic heterocycles. The summed E-state index contributed by atoms with van der Waals surface area (Å²) < 4.78 is 5.08. The summed E-state index contributed by atoms with van der Waals surface area (Å²) >= 11 is 5.86. The Kier molecular flexibility index (Phi) is 3.30. The maximum absolute atomic E-state index is 11.7. The second-order valence-corrected chi connectivity index (χ2v) is 3.74. The highest BCUT2D eigenvalue weighted by molar-refractivity contribution is 6.32. The monoisotopic (exact) mass is 248 g/mol. The van der Waals surface area contributed by atoms with E-state index in [9.17, 15) is 9.90 Å². The number of phenolic OH excluding ortho intramolecular Hbond substituents is 1. The Hall–Kier alpha value is -2.00. The molecule has 0 heterocycles. The van der Waals surface area contributed by atoms with E-state index in [-0.39, 0.29) is 17.1 Å². The maximum Gasteiger partial charge on any atom is 0.347 e. The Balaban J connectivity index is 2.24. The van der Waals surface area contributed by atoms with Gasteiger partial charge < -0.3 is 9.84 Å². The van der Waals surface area contributed by atoms with Crippen LogP contribution in [0.4, 0.5) is 0 Å². The average Bonchev–Trinajstić information content (AvgIpc) is 2.32. The summed E-state index contributed by atoms with van der Waals surface area (Å²) in [7, 11) is 0. The summed E-state index contributed by atoms with van der Waals surface area (Å²) in [4.78, 5) is 11.7. The van der Waals surface area contributed by atoms with Crippen LogP contribution in [0.25, 0.3) is 0 Å². The predicted octanol–water partition coefficient (Wildman–Crippen LogP) is 3.26. The molecule has 1 N–H and O–H groups in total. The molecule has 0 spiro atoms. The summed E-state index contributed by atoms with van der Waals surface area (Å²) in [5.41, 5.74) is 0.104. The van der Waals surface area contributed by atoms with Crippen LogP contribution in [0.1, 0.15) is 10.4 Å². The van der Waals surface area contributed by atoms with Crippen molar-refractivity contribution >= 4 is 17.6 Å². The number of aromatic hydroxyl groups is 1. The van der Waals surface area contributed by atoms with Gasteiger partial charge in [-0.15, -0.1) is 0 Å². The topological polar surface area (TPSA) is 46.5 Å². The van der Waals surface area contributed by atoms with Gasteiger partial charge in [-0.1, -0.05) is 35.9 Å². The van der Waals surface area contributed by atoms with Crippen LogP contribution in [0.3, 0.4) is 0 Å². The molecule has 0 aliphatic rings. The van der Waals surface area contributed by atoms with Gasteiger partial charge in [-0.2, -0.15) is 0 Å². The normalized spacial score (nSPS) is 9.94. The molecule has 0 saturated heterocycles. The Morgan fingerprint density at radius 2 is 1.71 bits per heavy atom. The molecule has 3 nitrogen and oxygen atoms in total. The van der Waals surface area contributed by atoms with E-state index in [1.54, 1.807) is 36.4 Å². The van der Waals surface area contributed by atoms with Crippen molar-refractivity contribution in [2.24, 2.45) is 0 Å². The van der Waals surface area contributed by atoms with E-state index in [1.807, 2.05) is 0 Å². The van der Waals surface area contributed by atoms with Gasteiger partial charge in [0.2, 0.25) is 0 Å². The number of rotatable bonds is 2. The van der Waals surface area contributed by atoms with Crippen molar-refractivity contribution in [1.82, 2.24) is 0 Å². The number of hydrogen-bond donors (Lipinski definition) is 1. The Labute approximate surface area is 103 Å². The fourth-order valence-corrected chi connectivity index (χ4v) is 1.50. The molecule has 0 atom stereocenters. The van der Waals surface area contributed by atoms with Gasteiger partial charge in [0.15, 0.2) is 0 Å². The summed E-state index contributed by atoms with van der Waals surface area (Å²) in [5.74, 6) is -0.497. The van der Waals surface area contributed by atoms with E-state index in [0.717, 1.165) is 0 Å². The maximum atomic E-state index is 11.7. The molecule has 2 aromatic rings. The first-order valence-corrected chi connectivity index (χ1v) is 5.31. The number of benzene rings is 2. The molecule has 0 aliphatic carbocycles. The molecule has 0 radical (unpaired) electrons. The minimum Gasteiger partial charge on any atom is -0.507 e. The van der Waals surface area contributed by atoms with E-state index in [0.29, 0.717) is 5.02 Å². The number of phenols is 1. The van der Waals surface area contributed by atoms with Crippen molar-refractivity contribution in [1.29, 1.82) is 0 Å². The largest absolute Gasteiger partial charge is 0.507 e. The third-order valence-corrected chi connectivity index (χ3v) is 2.48. The lowest BCUT2D eigenvalue weighted by Crippen LogP contribution is -2.08. The third kappa shape index (κ3) is 2.57. The van der Waals surface area contributed by atoms with Gasteiger partial charge in [0, 0.05) is 0 Å². The summed E-state index contributed by atoms with van der Waals surface area (Å²) in [5, 5.41) is 9.84. The number of esters is 1. The van der Waals surface area contributed by atoms with Crippen LogP contribution in [-0.4, -0.2) is 11.1 Å². The van der Waals surface area contributed by atoms with Gasteiger partial charge in [-0.25, -0.2) is 4.79 Å². The molecule has 0 fully saturated rings. The zero-order valence-electron chi connectivity index (χ0n) is 8.76. The van der Waals surface area contributed by atoms with Gasteiger partial charge in [0.05, 0.1) is 5.02 Å². The molecule has 2 rings (SSSR count). The van der Waals surface area contributed by atoms with Crippen LogP contribution < -0.4 is 4.74 Å². The molecule has 17 heavy (non-hydrogen) atoms. The second kappa shape index (κ2) is 4.89. The van der Waals surface area contributed by atoms with Crippen LogP contribution in [0.2, 0.25) is 5.02 Å². The summed E-state index contributed by atoms with van der Waals surface area (Å²) in [6, 6.07) is 12.8. The number of para-hydroxylation sites is 2. The Morgan fingerprint density at radius 1 is 1.06 bits per heavy atom. The summed E-state index contributed by atoms with van der Waals surface area (Å²) in [6.07, 6.45) is 0. The molecule has 86 valence electrons. The molecule has 2 aromatic carbocycles. The number of ether oxygens (including phenoxy) is 1. The van der Waals surface area contributed by atoms with Crippen LogP contribution >= 0.6 is 11.6 Å². The zero-order chi connectivity index (χ0) is 12.3. The number of carbonyl (C=O) groups excluding carboxylic acids is 1. The molecule has 0 unspecified atom stereocenters. The van der Waals surface area contributed by atoms with Crippen LogP contribution in [0, 0.1) is 0 Å². The SMILES string of the molecule is O=C(Oc1ccccc1Cl)c1ccccc1O. The van der Waals surface area contributed by atoms with Crippen LogP contribution in [0.15, 0.2) is 48.5 Å². The van der Waals surface area contributed by atoms with Crippen LogP contribution in [0.5, 0.6) is 11.5 Å². The average molecular weight is 249 g/mol. The van der Waals surface area contributed by atoms with Gasteiger partial charge in [-0.05, 0) is 24.3 Å². The van der Waals surface area contributed by atoms with Crippen molar-refractivity contribution in [3.63, 3.8) is 0 Å². The Morgan fingerprint density at radius 3 is 2.41 bits per heavy atom. The lowest BCUT2D eigenvalue weighted by molar-refractivity contribution is 0.0732. The first-order chi connectivity index (χ1) is 8.18. The highest BCUT2D eigenvalue weighted by Gasteiger charge is 2.13. The molecule has 0 saturated carbocycles. The minimum atomic E-state index is -0.642. The van der Waals surface area contributed by atoms with Crippen molar-refractivity contribution in [3.05, 3.63) is 59.1 Å². The standard InChI is InChI=1S/C13H9ClO3/c14-10-6-2-4-8-12(10)17-13(16)9-5-1-3-7-11(9)15/h1-8,15H. The lowest BCUT2D eigenvalue weighted by atomic mass is 10.2. The first-order valence-electron chi connectivity index (χ1n) is 4.93. The quantitative estimate of drug-likeness (QED) is 0.655. The number of hydrogen-bond acceptors (Lipinski definition) is 3. The highest BCUT2D eigenvalue weighted by Crippen LogP contribution is 2.25. The predicted molar refractivity (Wildman–Crippen MR) is 64.5 cm³/mol.